The molecule has 0 radical (unpaired) electrons. The smallest absolute Gasteiger partial charge is 0.192 e. The average Bonchev–Trinajstić information content (AvgIpc) is 2.65. The van der Waals surface area contributed by atoms with Crippen LogP contribution in [-0.4, -0.2) is 33.9 Å². The zero-order valence-corrected chi connectivity index (χ0v) is 19.1. The van der Waals surface area contributed by atoms with Crippen LogP contribution in [0, 0.1) is 5.82 Å². The highest BCUT2D eigenvalue weighted by Gasteiger charge is 2.30. The molecule has 0 amide bonds. The molecule has 3 rings (SSSR count). The second kappa shape index (κ2) is 8.22. The summed E-state index contributed by atoms with van der Waals surface area (Å²) in [6.07, 6.45) is 1.09. The first-order valence-electron chi connectivity index (χ1n) is 9.32. The Kier molecular flexibility index (Phi) is 6.20. The second-order valence-electron chi connectivity index (χ2n) is 8.11. The zero-order valence-electron chi connectivity index (χ0n) is 17.4. The summed E-state index contributed by atoms with van der Waals surface area (Å²) in [6.45, 7) is 7.40. The molecule has 30 heavy (non-hydrogen) atoms. The molecule has 0 unspecified atom stereocenters. The minimum absolute atomic E-state index is 0.0656. The third kappa shape index (κ3) is 4.97. The van der Waals surface area contributed by atoms with E-state index in [1.54, 1.807) is 24.3 Å². The summed E-state index contributed by atoms with van der Waals surface area (Å²) in [7, 11) is -3.51. The van der Waals surface area contributed by atoms with Gasteiger partial charge in [-0.25, -0.2) is 17.8 Å². The lowest BCUT2D eigenvalue weighted by atomic mass is 10.0. The number of fused-ring (bicyclic) bond motifs is 1. The maximum absolute atomic E-state index is 13.8. The van der Waals surface area contributed by atoms with E-state index in [0.717, 1.165) is 6.26 Å². The minimum Gasteiger partial charge on any atom is -0.598 e. The lowest BCUT2D eigenvalue weighted by Gasteiger charge is -2.27. The standard InChI is InChI=1S/C21H24FN3O3S2/c1-13(25-29(26)21(2,3)4)20-16(12-14-11-15(22)9-10-17(14)24-20)18-7-6-8-19(23-18)30(5,27)28/h6-13,25H,1-5H3/t13-,29+/m0/s1. The molecule has 0 aliphatic carbocycles. The fourth-order valence-electron chi connectivity index (χ4n) is 2.86. The van der Waals surface area contributed by atoms with Crippen LogP contribution >= 0.6 is 0 Å². The number of hydrogen-bond donors (Lipinski definition) is 1. The summed E-state index contributed by atoms with van der Waals surface area (Å²) in [6, 6.07) is 10.3. The van der Waals surface area contributed by atoms with Gasteiger partial charge in [0.25, 0.3) is 0 Å². The monoisotopic (exact) mass is 449 g/mol. The largest absolute Gasteiger partial charge is 0.598 e. The van der Waals surface area contributed by atoms with Gasteiger partial charge in [0, 0.05) is 28.6 Å². The van der Waals surface area contributed by atoms with Gasteiger partial charge in [0.1, 0.15) is 10.6 Å². The number of sulfone groups is 1. The highest BCUT2D eigenvalue weighted by Crippen LogP contribution is 2.31. The van der Waals surface area contributed by atoms with E-state index in [-0.39, 0.29) is 5.03 Å². The summed E-state index contributed by atoms with van der Waals surface area (Å²) < 4.78 is 52.9. The molecule has 2 aromatic heterocycles. The van der Waals surface area contributed by atoms with Crippen molar-refractivity contribution in [3.63, 3.8) is 0 Å². The maximum Gasteiger partial charge on any atom is 0.192 e. The van der Waals surface area contributed by atoms with E-state index in [2.05, 4.69) is 14.7 Å². The number of pyridine rings is 2. The molecule has 0 spiro atoms. The number of benzene rings is 1. The van der Waals surface area contributed by atoms with E-state index >= 15 is 0 Å². The van der Waals surface area contributed by atoms with Crippen LogP contribution in [0.5, 0.6) is 0 Å². The van der Waals surface area contributed by atoms with Crippen LogP contribution in [0.15, 0.2) is 47.5 Å². The van der Waals surface area contributed by atoms with Crippen LogP contribution in [0.4, 0.5) is 4.39 Å². The van der Waals surface area contributed by atoms with E-state index in [1.165, 1.54) is 18.2 Å². The van der Waals surface area contributed by atoms with Crippen molar-refractivity contribution in [2.75, 3.05) is 6.26 Å². The predicted molar refractivity (Wildman–Crippen MR) is 117 cm³/mol. The molecule has 2 heterocycles. The number of nitrogens with zero attached hydrogens (tertiary/aromatic N) is 2. The summed E-state index contributed by atoms with van der Waals surface area (Å²) in [4.78, 5) is 8.96. The highest BCUT2D eigenvalue weighted by molar-refractivity contribution is 7.91. The molecule has 1 aromatic carbocycles. The topological polar surface area (TPSA) is 95.0 Å². The van der Waals surface area contributed by atoms with Crippen LogP contribution in [-0.2, 0) is 21.2 Å². The molecule has 0 saturated carbocycles. The molecule has 2 atom stereocenters. The van der Waals surface area contributed by atoms with Gasteiger partial charge in [0.15, 0.2) is 14.9 Å². The van der Waals surface area contributed by atoms with Crippen molar-refractivity contribution in [1.29, 1.82) is 0 Å². The van der Waals surface area contributed by atoms with Gasteiger partial charge < -0.3 is 4.55 Å². The van der Waals surface area contributed by atoms with Gasteiger partial charge in [-0.2, -0.15) is 0 Å². The third-order valence-electron chi connectivity index (χ3n) is 4.44. The summed E-state index contributed by atoms with van der Waals surface area (Å²) in [5.74, 6) is -0.402. The van der Waals surface area contributed by atoms with Gasteiger partial charge in [-0.15, -0.1) is 4.72 Å². The Morgan fingerprint density at radius 3 is 2.47 bits per heavy atom. The molecule has 6 nitrogen and oxygen atoms in total. The quantitative estimate of drug-likeness (QED) is 0.593. The maximum atomic E-state index is 13.8. The highest BCUT2D eigenvalue weighted by atomic mass is 32.2. The Bertz CT molecular complexity index is 1190. The number of halogens is 1. The van der Waals surface area contributed by atoms with Gasteiger partial charge in [-0.3, -0.25) is 4.98 Å². The zero-order chi connectivity index (χ0) is 22.3. The minimum atomic E-state index is -3.51. The Hall–Kier alpha value is -2.07. The van der Waals surface area contributed by atoms with Gasteiger partial charge in [-0.1, -0.05) is 6.07 Å². The van der Waals surface area contributed by atoms with Crippen molar-refractivity contribution >= 4 is 32.1 Å². The summed E-state index contributed by atoms with van der Waals surface area (Å²) in [5, 5.41) is 0.494. The van der Waals surface area contributed by atoms with Crippen LogP contribution in [0.25, 0.3) is 22.2 Å². The van der Waals surface area contributed by atoms with Crippen molar-refractivity contribution in [3.8, 4) is 11.3 Å². The summed E-state index contributed by atoms with van der Waals surface area (Å²) >= 11 is -1.35. The van der Waals surface area contributed by atoms with Gasteiger partial charge in [0.05, 0.1) is 22.9 Å². The van der Waals surface area contributed by atoms with Crippen molar-refractivity contribution in [1.82, 2.24) is 14.7 Å². The third-order valence-corrected chi connectivity index (χ3v) is 7.10. The molecular formula is C21H24FN3O3S2. The Labute approximate surface area is 179 Å². The van der Waals surface area contributed by atoms with Crippen LogP contribution in [0.2, 0.25) is 0 Å². The molecule has 0 bridgehead atoms. The number of hydrogen-bond acceptors (Lipinski definition) is 6. The second-order valence-corrected chi connectivity index (χ2v) is 12.1. The van der Waals surface area contributed by atoms with Crippen molar-refractivity contribution in [2.24, 2.45) is 0 Å². The number of aromatic nitrogens is 2. The Balaban J connectivity index is 2.19. The molecule has 1 N–H and O–H groups in total. The molecule has 0 aliphatic rings. The first kappa shape index (κ1) is 22.6. The lowest BCUT2D eigenvalue weighted by molar-refractivity contribution is 0.529. The Morgan fingerprint density at radius 2 is 1.83 bits per heavy atom. The molecular weight excluding hydrogens is 425 g/mol. The van der Waals surface area contributed by atoms with E-state index in [1.807, 2.05) is 27.7 Å². The molecule has 9 heteroatoms. The van der Waals surface area contributed by atoms with E-state index in [0.29, 0.717) is 27.9 Å². The fraction of sp³-hybridized carbons (Fsp3) is 0.333. The lowest BCUT2D eigenvalue weighted by Crippen LogP contribution is -2.40. The van der Waals surface area contributed by atoms with Crippen molar-refractivity contribution < 1.29 is 17.4 Å². The van der Waals surface area contributed by atoms with Gasteiger partial charge in [0.2, 0.25) is 0 Å². The molecule has 3 aromatic rings. The fourth-order valence-corrected chi connectivity index (χ4v) is 4.24. The molecule has 0 aliphatic heterocycles. The normalized spacial score (nSPS) is 14.6. The number of nitrogens with one attached hydrogen (secondary N) is 1. The Morgan fingerprint density at radius 1 is 1.13 bits per heavy atom. The predicted octanol–water partition coefficient (Wildman–Crippen LogP) is 3.95. The average molecular weight is 450 g/mol. The summed E-state index contributed by atoms with van der Waals surface area (Å²) in [5.41, 5.74) is 2.06. The molecule has 0 saturated heterocycles. The van der Waals surface area contributed by atoms with E-state index in [4.69, 9.17) is 0 Å². The van der Waals surface area contributed by atoms with Crippen molar-refractivity contribution in [3.05, 3.63) is 54.0 Å². The number of rotatable bonds is 5. The molecule has 0 fully saturated rings. The van der Waals surface area contributed by atoms with Gasteiger partial charge >= 0.3 is 0 Å². The van der Waals surface area contributed by atoms with Crippen LogP contribution in [0.3, 0.4) is 0 Å². The van der Waals surface area contributed by atoms with Crippen LogP contribution < -0.4 is 4.72 Å². The SMILES string of the molecule is C[C@H](N[S@+]([O-])C(C)(C)C)c1nc2ccc(F)cc2cc1-c1cccc(S(C)(=O)=O)n1. The van der Waals surface area contributed by atoms with Crippen LogP contribution in [0.1, 0.15) is 39.4 Å². The first-order chi connectivity index (χ1) is 13.9. The first-order valence-corrected chi connectivity index (χ1v) is 12.4. The van der Waals surface area contributed by atoms with E-state index < -0.39 is 37.8 Å². The van der Waals surface area contributed by atoms with Gasteiger partial charge in [-0.05, 0) is 64.1 Å². The van der Waals surface area contributed by atoms with Crippen molar-refractivity contribution in [2.45, 2.75) is 43.5 Å². The van der Waals surface area contributed by atoms with E-state index in [9.17, 15) is 17.4 Å². The molecule has 160 valence electrons.